The lowest BCUT2D eigenvalue weighted by molar-refractivity contribution is -0.0830. The molecule has 0 saturated carbocycles. The Morgan fingerprint density at radius 3 is 2.50 bits per heavy atom. The van der Waals surface area contributed by atoms with Crippen LogP contribution in [0.1, 0.15) is 48.3 Å². The van der Waals surface area contributed by atoms with E-state index in [0.29, 0.717) is 11.3 Å². The number of carbonyl (C=O) groups is 1. The van der Waals surface area contributed by atoms with Crippen LogP contribution in [0.4, 0.5) is 4.39 Å². The number of benzene rings is 2. The van der Waals surface area contributed by atoms with E-state index in [1.54, 1.807) is 20.9 Å². The van der Waals surface area contributed by atoms with Gasteiger partial charge >= 0.3 is 0 Å². The molecule has 4 nitrogen and oxygen atoms in total. The minimum absolute atomic E-state index is 0.278. The summed E-state index contributed by atoms with van der Waals surface area (Å²) in [6.07, 6.45) is -0.0636. The van der Waals surface area contributed by atoms with Crippen molar-refractivity contribution in [1.29, 1.82) is 0 Å². The first-order valence-corrected chi connectivity index (χ1v) is 8.77. The summed E-state index contributed by atoms with van der Waals surface area (Å²) in [4.78, 5) is 14.4. The molecule has 5 heteroatoms. The molecule has 1 N–H and O–H groups in total. The van der Waals surface area contributed by atoms with Gasteiger partial charge in [0.15, 0.2) is 0 Å². The summed E-state index contributed by atoms with van der Waals surface area (Å²) in [7, 11) is 1.66. The van der Waals surface area contributed by atoms with Gasteiger partial charge in [-0.1, -0.05) is 13.0 Å². The van der Waals surface area contributed by atoms with Crippen LogP contribution >= 0.6 is 0 Å². The van der Waals surface area contributed by atoms with Crippen LogP contribution in [0.2, 0.25) is 0 Å². The third-order valence-corrected chi connectivity index (χ3v) is 5.01. The molecule has 1 aliphatic rings. The molecule has 3 rings (SSSR count). The maximum Gasteiger partial charge on any atom is 0.254 e. The number of amides is 1. The maximum absolute atomic E-state index is 13.2. The molecule has 0 saturated heterocycles. The van der Waals surface area contributed by atoms with Gasteiger partial charge in [0.2, 0.25) is 0 Å². The molecule has 0 bridgehead atoms. The Labute approximate surface area is 153 Å². The lowest BCUT2D eigenvalue weighted by Gasteiger charge is -2.45. The first-order valence-electron chi connectivity index (χ1n) is 8.77. The molecule has 26 heavy (non-hydrogen) atoms. The Bertz CT molecular complexity index is 817. The summed E-state index contributed by atoms with van der Waals surface area (Å²) >= 11 is 0. The Balaban J connectivity index is 2.03. The van der Waals surface area contributed by atoms with Gasteiger partial charge in [-0.2, -0.15) is 0 Å². The molecule has 1 aliphatic heterocycles. The molecule has 2 aromatic carbocycles. The number of likely N-dealkylation sites (N-methyl/N-ethyl adjacent to an activating group) is 1. The van der Waals surface area contributed by atoms with Crippen molar-refractivity contribution in [1.82, 2.24) is 4.90 Å². The van der Waals surface area contributed by atoms with Crippen molar-refractivity contribution in [3.8, 4) is 5.75 Å². The topological polar surface area (TPSA) is 49.8 Å². The predicted molar refractivity (Wildman–Crippen MR) is 97.8 cm³/mol. The van der Waals surface area contributed by atoms with Crippen molar-refractivity contribution in [2.75, 3.05) is 7.05 Å². The molecule has 0 fully saturated rings. The minimum Gasteiger partial charge on any atom is -0.485 e. The van der Waals surface area contributed by atoms with E-state index >= 15 is 0 Å². The molecular weight excluding hydrogens is 333 g/mol. The van der Waals surface area contributed by atoms with Crippen molar-refractivity contribution in [2.45, 2.75) is 44.9 Å². The third kappa shape index (κ3) is 3.19. The van der Waals surface area contributed by atoms with Gasteiger partial charge in [-0.3, -0.25) is 4.79 Å². The van der Waals surface area contributed by atoms with E-state index in [4.69, 9.17) is 4.74 Å². The van der Waals surface area contributed by atoms with Gasteiger partial charge in [-0.05, 0) is 62.2 Å². The Morgan fingerprint density at radius 1 is 1.23 bits per heavy atom. The number of carbonyl (C=O) groups excluding carboxylic acids is 1. The lowest BCUT2D eigenvalue weighted by atomic mass is 9.84. The molecule has 2 atom stereocenters. The first-order chi connectivity index (χ1) is 12.2. The Kier molecular flexibility index (Phi) is 4.76. The highest BCUT2D eigenvalue weighted by atomic mass is 19.1. The van der Waals surface area contributed by atoms with E-state index in [1.165, 1.54) is 29.2 Å². The molecule has 2 unspecified atom stereocenters. The summed E-state index contributed by atoms with van der Waals surface area (Å²) in [5.41, 5.74) is 1.42. The zero-order valence-corrected chi connectivity index (χ0v) is 15.5. The highest BCUT2D eigenvalue weighted by molar-refractivity contribution is 5.94. The second-order valence-corrected chi connectivity index (χ2v) is 7.24. The molecule has 0 radical (unpaired) electrons. The van der Waals surface area contributed by atoms with Crippen LogP contribution in [0.15, 0.2) is 42.5 Å². The molecule has 0 aromatic heterocycles. The highest BCUT2D eigenvalue weighted by Gasteiger charge is 2.45. The zero-order valence-electron chi connectivity index (χ0n) is 15.5. The Morgan fingerprint density at radius 2 is 1.88 bits per heavy atom. The fraction of sp³-hybridized carbons (Fsp3) is 0.381. The summed E-state index contributed by atoms with van der Waals surface area (Å²) in [5, 5.41) is 10.9. The third-order valence-electron chi connectivity index (χ3n) is 5.01. The van der Waals surface area contributed by atoms with Gasteiger partial charge in [0.25, 0.3) is 5.91 Å². The van der Waals surface area contributed by atoms with Crippen LogP contribution in [0.3, 0.4) is 0 Å². The average Bonchev–Trinajstić information content (AvgIpc) is 2.62. The quantitative estimate of drug-likeness (QED) is 0.911. The number of nitrogens with zero attached hydrogens (tertiary/aromatic N) is 1. The number of halogens is 1. The smallest absolute Gasteiger partial charge is 0.254 e. The molecule has 1 amide bonds. The van der Waals surface area contributed by atoms with E-state index in [9.17, 15) is 14.3 Å². The van der Waals surface area contributed by atoms with Gasteiger partial charge in [-0.25, -0.2) is 4.39 Å². The van der Waals surface area contributed by atoms with E-state index < -0.39 is 23.6 Å². The summed E-state index contributed by atoms with van der Waals surface area (Å²) in [6, 6.07) is 10.7. The molecule has 2 aromatic rings. The van der Waals surface area contributed by atoms with E-state index in [1.807, 2.05) is 25.1 Å². The molecule has 138 valence electrons. The number of aliphatic hydroxyl groups excluding tert-OH is 1. The molecule has 1 heterocycles. The number of ether oxygens (including phenoxy) is 1. The van der Waals surface area contributed by atoms with Crippen molar-refractivity contribution in [3.63, 3.8) is 0 Å². The summed E-state index contributed by atoms with van der Waals surface area (Å²) in [6.45, 7) is 5.66. The Hall–Kier alpha value is -2.40. The van der Waals surface area contributed by atoms with Gasteiger partial charge < -0.3 is 14.7 Å². The standard InChI is InChI=1S/C21H24FNO3/c1-5-13-6-11-17-16(12-13)18(19(24)21(2,3)26-17)23(4)20(25)14-7-9-15(22)10-8-14/h6-12,18-19,24H,5H2,1-4H3. The second-order valence-electron chi connectivity index (χ2n) is 7.24. The van der Waals surface area contributed by atoms with Crippen molar-refractivity contribution in [3.05, 3.63) is 65.0 Å². The van der Waals surface area contributed by atoms with Crippen molar-refractivity contribution >= 4 is 5.91 Å². The molecule has 0 spiro atoms. The van der Waals surface area contributed by atoms with Gasteiger partial charge in [0.05, 0.1) is 6.04 Å². The number of fused-ring (bicyclic) bond motifs is 1. The first kappa shape index (κ1) is 18.4. The summed E-state index contributed by atoms with van der Waals surface area (Å²) in [5.74, 6) is -0.00442. The van der Waals surface area contributed by atoms with E-state index in [0.717, 1.165) is 17.5 Å². The van der Waals surface area contributed by atoms with Gasteiger partial charge in [0.1, 0.15) is 23.3 Å². The fourth-order valence-corrected chi connectivity index (χ4v) is 3.38. The largest absolute Gasteiger partial charge is 0.485 e. The van der Waals surface area contributed by atoms with Crippen molar-refractivity contribution < 1.29 is 19.0 Å². The molecular formula is C21H24FNO3. The van der Waals surface area contributed by atoms with Crippen LogP contribution in [-0.2, 0) is 6.42 Å². The zero-order chi connectivity index (χ0) is 19.1. The van der Waals surface area contributed by atoms with Crippen LogP contribution in [0.5, 0.6) is 5.75 Å². The number of hydrogen-bond donors (Lipinski definition) is 1. The minimum atomic E-state index is -0.906. The van der Waals surface area contributed by atoms with Gasteiger partial charge in [0, 0.05) is 18.2 Å². The number of aliphatic hydroxyl groups is 1. The lowest BCUT2D eigenvalue weighted by Crippen LogP contribution is -2.53. The number of hydrogen-bond acceptors (Lipinski definition) is 3. The molecule has 0 aliphatic carbocycles. The van der Waals surface area contributed by atoms with Crippen LogP contribution in [-0.4, -0.2) is 34.7 Å². The van der Waals surface area contributed by atoms with Crippen molar-refractivity contribution in [2.24, 2.45) is 0 Å². The van der Waals surface area contributed by atoms with Crippen LogP contribution in [0.25, 0.3) is 0 Å². The van der Waals surface area contributed by atoms with Crippen LogP contribution < -0.4 is 4.74 Å². The monoisotopic (exact) mass is 357 g/mol. The van der Waals surface area contributed by atoms with E-state index in [2.05, 4.69) is 0 Å². The fourth-order valence-electron chi connectivity index (χ4n) is 3.38. The predicted octanol–water partition coefficient (Wildman–Crippen LogP) is 3.73. The summed E-state index contributed by atoms with van der Waals surface area (Å²) < 4.78 is 19.1. The highest BCUT2D eigenvalue weighted by Crippen LogP contribution is 2.43. The normalized spacial score (nSPS) is 20.8. The number of aryl methyl sites for hydroxylation is 1. The SMILES string of the molecule is CCc1ccc2c(c1)C(N(C)C(=O)c1ccc(F)cc1)C(O)C(C)(C)O2. The second kappa shape index (κ2) is 6.72. The number of rotatable bonds is 3. The maximum atomic E-state index is 13.2. The van der Waals surface area contributed by atoms with Gasteiger partial charge in [-0.15, -0.1) is 0 Å². The average molecular weight is 357 g/mol. The van der Waals surface area contributed by atoms with E-state index in [-0.39, 0.29) is 5.91 Å². The van der Waals surface area contributed by atoms with Crippen LogP contribution in [0, 0.1) is 5.82 Å².